The van der Waals surface area contributed by atoms with Crippen LogP contribution in [0.3, 0.4) is 0 Å². The molecule has 4 rings (SSSR count). The minimum Gasteiger partial charge on any atom is -0.467 e. The minimum atomic E-state index is -0.673. The van der Waals surface area contributed by atoms with Gasteiger partial charge in [0.2, 0.25) is 0 Å². The van der Waals surface area contributed by atoms with Crippen molar-refractivity contribution >= 4 is 28.2 Å². The van der Waals surface area contributed by atoms with Gasteiger partial charge in [0.05, 0.1) is 30.2 Å². The molecule has 0 aliphatic carbocycles. The number of rotatable bonds is 4. The zero-order valence-corrected chi connectivity index (χ0v) is 16.4. The zero-order chi connectivity index (χ0) is 19.5. The van der Waals surface area contributed by atoms with Crippen LogP contribution >= 0.6 is 11.3 Å². The van der Waals surface area contributed by atoms with Crippen LogP contribution in [-0.4, -0.2) is 67.8 Å². The number of pyridine rings is 1. The molecule has 1 atom stereocenters. The fourth-order valence-electron chi connectivity index (χ4n) is 3.42. The van der Waals surface area contributed by atoms with Gasteiger partial charge < -0.3 is 19.3 Å². The molecule has 1 fully saturated rings. The Morgan fingerprint density at radius 3 is 2.86 bits per heavy atom. The van der Waals surface area contributed by atoms with E-state index >= 15 is 0 Å². The van der Waals surface area contributed by atoms with Crippen molar-refractivity contribution in [1.82, 2.24) is 9.88 Å². The van der Waals surface area contributed by atoms with Crippen molar-refractivity contribution in [3.05, 3.63) is 47.6 Å². The number of anilines is 1. The molecule has 7 nitrogen and oxygen atoms in total. The molecule has 0 N–H and O–H groups in total. The van der Waals surface area contributed by atoms with E-state index in [9.17, 15) is 9.59 Å². The SMILES string of the molecule is COC(=O)[C@@H]1C=CCN1C(=O)c1cc(-c2cccnc2)c(N2CCOCC2)s1. The highest BCUT2D eigenvalue weighted by molar-refractivity contribution is 7.18. The van der Waals surface area contributed by atoms with E-state index in [-0.39, 0.29) is 5.91 Å². The van der Waals surface area contributed by atoms with Crippen molar-refractivity contribution < 1.29 is 19.1 Å². The van der Waals surface area contributed by atoms with E-state index in [1.165, 1.54) is 23.3 Å². The average Bonchev–Trinajstić information content (AvgIpc) is 3.42. The minimum absolute atomic E-state index is 0.171. The summed E-state index contributed by atoms with van der Waals surface area (Å²) in [5.41, 5.74) is 1.94. The van der Waals surface area contributed by atoms with Crippen LogP contribution in [0.15, 0.2) is 42.7 Å². The maximum atomic E-state index is 13.2. The number of thiophene rings is 1. The summed E-state index contributed by atoms with van der Waals surface area (Å²) in [7, 11) is 1.33. The summed E-state index contributed by atoms with van der Waals surface area (Å²) in [5.74, 6) is -0.602. The Morgan fingerprint density at radius 2 is 2.14 bits per heavy atom. The molecule has 1 saturated heterocycles. The Morgan fingerprint density at radius 1 is 1.32 bits per heavy atom. The van der Waals surface area contributed by atoms with Crippen LogP contribution in [0, 0.1) is 0 Å². The molecular formula is C20H21N3O4S. The summed E-state index contributed by atoms with van der Waals surface area (Å²) in [6, 6.07) is 5.10. The molecular weight excluding hydrogens is 378 g/mol. The van der Waals surface area contributed by atoms with Gasteiger partial charge >= 0.3 is 5.97 Å². The average molecular weight is 399 g/mol. The fraction of sp³-hybridized carbons (Fsp3) is 0.350. The van der Waals surface area contributed by atoms with Gasteiger partial charge in [-0.2, -0.15) is 0 Å². The van der Waals surface area contributed by atoms with Gasteiger partial charge in [-0.1, -0.05) is 18.2 Å². The summed E-state index contributed by atoms with van der Waals surface area (Å²) >= 11 is 1.45. The van der Waals surface area contributed by atoms with Crippen molar-refractivity contribution in [2.75, 3.05) is 44.9 Å². The second kappa shape index (κ2) is 8.12. The number of amides is 1. The number of nitrogens with zero attached hydrogens (tertiary/aromatic N) is 3. The summed E-state index contributed by atoms with van der Waals surface area (Å²) < 4.78 is 10.3. The number of esters is 1. The molecule has 2 aliphatic rings. The first kappa shape index (κ1) is 18.6. The van der Waals surface area contributed by atoms with Crippen LogP contribution in [0.4, 0.5) is 5.00 Å². The molecule has 8 heteroatoms. The summed E-state index contributed by atoms with van der Waals surface area (Å²) in [6.07, 6.45) is 7.06. The third-order valence-electron chi connectivity index (χ3n) is 4.85. The van der Waals surface area contributed by atoms with Crippen molar-refractivity contribution in [2.24, 2.45) is 0 Å². The van der Waals surface area contributed by atoms with Crippen LogP contribution in [0.5, 0.6) is 0 Å². The Kier molecular flexibility index (Phi) is 5.40. The van der Waals surface area contributed by atoms with Gasteiger partial charge in [-0.05, 0) is 12.1 Å². The van der Waals surface area contributed by atoms with Crippen molar-refractivity contribution in [3.63, 3.8) is 0 Å². The van der Waals surface area contributed by atoms with E-state index in [0.29, 0.717) is 24.6 Å². The maximum Gasteiger partial charge on any atom is 0.332 e. The molecule has 146 valence electrons. The largest absolute Gasteiger partial charge is 0.467 e. The molecule has 0 spiro atoms. The maximum absolute atomic E-state index is 13.2. The van der Waals surface area contributed by atoms with E-state index in [1.807, 2.05) is 24.3 Å². The van der Waals surface area contributed by atoms with Gasteiger partial charge in [0, 0.05) is 43.2 Å². The number of hydrogen-bond acceptors (Lipinski definition) is 7. The lowest BCUT2D eigenvalue weighted by molar-refractivity contribution is -0.143. The van der Waals surface area contributed by atoms with E-state index in [4.69, 9.17) is 9.47 Å². The second-order valence-electron chi connectivity index (χ2n) is 6.52. The quantitative estimate of drug-likeness (QED) is 0.580. The predicted molar refractivity (Wildman–Crippen MR) is 107 cm³/mol. The summed E-state index contributed by atoms with van der Waals surface area (Å²) in [4.78, 5) is 33.8. The number of carbonyl (C=O) groups excluding carboxylic acids is 2. The van der Waals surface area contributed by atoms with Gasteiger partial charge in [-0.15, -0.1) is 11.3 Å². The van der Waals surface area contributed by atoms with Gasteiger partial charge in [0.1, 0.15) is 6.04 Å². The highest BCUT2D eigenvalue weighted by Gasteiger charge is 2.33. The second-order valence-corrected chi connectivity index (χ2v) is 7.55. The molecule has 4 heterocycles. The van der Waals surface area contributed by atoms with E-state index in [0.717, 1.165) is 29.2 Å². The van der Waals surface area contributed by atoms with Crippen molar-refractivity contribution in [3.8, 4) is 11.1 Å². The fourth-order valence-corrected chi connectivity index (χ4v) is 4.60. The van der Waals surface area contributed by atoms with Crippen LogP contribution in [0.2, 0.25) is 0 Å². The lowest BCUT2D eigenvalue weighted by Gasteiger charge is -2.28. The molecule has 0 radical (unpaired) electrons. The number of morpholine rings is 1. The van der Waals surface area contributed by atoms with Gasteiger partial charge in [0.15, 0.2) is 0 Å². The molecule has 2 aliphatic heterocycles. The van der Waals surface area contributed by atoms with Gasteiger partial charge in [0.25, 0.3) is 5.91 Å². The molecule has 28 heavy (non-hydrogen) atoms. The molecule has 2 aromatic heterocycles. The standard InChI is InChI=1S/C20H21N3O4S/c1-26-20(25)16-5-3-7-23(16)18(24)17-12-15(14-4-2-6-21-13-14)19(28-17)22-8-10-27-11-9-22/h2-6,12-13,16H,7-11H2,1H3/t16-/m0/s1. The van der Waals surface area contributed by atoms with E-state index in [2.05, 4.69) is 9.88 Å². The molecule has 0 saturated carbocycles. The Hall–Kier alpha value is -2.71. The van der Waals surface area contributed by atoms with E-state index in [1.54, 1.807) is 18.5 Å². The summed E-state index contributed by atoms with van der Waals surface area (Å²) in [5, 5.41) is 1.03. The number of methoxy groups -OCH3 is 1. The Bertz CT molecular complexity index is 890. The molecule has 0 unspecified atom stereocenters. The van der Waals surface area contributed by atoms with Crippen LogP contribution in [-0.2, 0) is 14.3 Å². The smallest absolute Gasteiger partial charge is 0.332 e. The third-order valence-corrected chi connectivity index (χ3v) is 6.04. The topological polar surface area (TPSA) is 72.0 Å². The lowest BCUT2D eigenvalue weighted by atomic mass is 10.1. The number of aromatic nitrogens is 1. The first-order chi connectivity index (χ1) is 13.7. The lowest BCUT2D eigenvalue weighted by Crippen LogP contribution is -2.41. The molecule has 1 amide bonds. The Labute approximate surface area is 167 Å². The van der Waals surface area contributed by atoms with Crippen LogP contribution < -0.4 is 4.90 Å². The normalized spacial score (nSPS) is 19.1. The predicted octanol–water partition coefficient (Wildman–Crippen LogP) is 2.20. The highest BCUT2D eigenvalue weighted by Crippen LogP contribution is 2.40. The number of ether oxygens (including phenoxy) is 2. The molecule has 0 bridgehead atoms. The monoisotopic (exact) mass is 399 g/mol. The van der Waals surface area contributed by atoms with Crippen molar-refractivity contribution in [1.29, 1.82) is 0 Å². The van der Waals surface area contributed by atoms with E-state index < -0.39 is 12.0 Å². The van der Waals surface area contributed by atoms with Gasteiger partial charge in [-0.3, -0.25) is 9.78 Å². The van der Waals surface area contributed by atoms with Crippen molar-refractivity contribution in [2.45, 2.75) is 6.04 Å². The zero-order valence-electron chi connectivity index (χ0n) is 15.5. The van der Waals surface area contributed by atoms with Crippen LogP contribution in [0.25, 0.3) is 11.1 Å². The number of carbonyl (C=O) groups is 2. The first-order valence-electron chi connectivity index (χ1n) is 9.11. The number of hydrogen-bond donors (Lipinski definition) is 0. The molecule has 2 aromatic rings. The third kappa shape index (κ3) is 3.53. The highest BCUT2D eigenvalue weighted by atomic mass is 32.1. The van der Waals surface area contributed by atoms with Gasteiger partial charge in [-0.25, -0.2) is 4.79 Å². The Balaban J connectivity index is 1.69. The van der Waals surface area contributed by atoms with Crippen LogP contribution in [0.1, 0.15) is 9.67 Å². The molecule has 0 aromatic carbocycles. The summed E-state index contributed by atoms with van der Waals surface area (Å²) in [6.45, 7) is 3.27. The first-order valence-corrected chi connectivity index (χ1v) is 9.93.